The number of hydrogen-bond acceptors (Lipinski definition) is 2. The second-order valence-corrected chi connectivity index (χ2v) is 2.50. The molecule has 0 aliphatic heterocycles. The second-order valence-electron chi connectivity index (χ2n) is 2.50. The van der Waals surface area contributed by atoms with Crippen LogP contribution in [0.5, 0.6) is 0 Å². The molecule has 0 bridgehead atoms. The monoisotopic (exact) mass is 177 g/mol. The molecule has 0 unspecified atom stereocenters. The van der Waals surface area contributed by atoms with E-state index < -0.39 is 0 Å². The SMILES string of the molecule is N=C(N)N=C(N)c1ccc(N)cc1. The Morgan fingerprint density at radius 2 is 1.69 bits per heavy atom. The highest BCUT2D eigenvalue weighted by Gasteiger charge is 1.97. The molecule has 1 rings (SSSR count). The molecule has 0 aromatic heterocycles. The quantitative estimate of drug-likeness (QED) is 0.272. The van der Waals surface area contributed by atoms with Crippen molar-refractivity contribution in [1.82, 2.24) is 0 Å². The van der Waals surface area contributed by atoms with E-state index in [2.05, 4.69) is 4.99 Å². The Hall–Kier alpha value is -2.04. The highest BCUT2D eigenvalue weighted by Crippen LogP contribution is 2.04. The first-order valence-electron chi connectivity index (χ1n) is 3.63. The van der Waals surface area contributed by atoms with E-state index in [0.717, 1.165) is 0 Å². The Morgan fingerprint density at radius 1 is 1.15 bits per heavy atom. The molecule has 0 saturated carbocycles. The van der Waals surface area contributed by atoms with E-state index in [-0.39, 0.29) is 11.8 Å². The van der Waals surface area contributed by atoms with Crippen LogP contribution in [0, 0.1) is 5.41 Å². The molecule has 5 nitrogen and oxygen atoms in total. The molecule has 0 spiro atoms. The molecule has 0 aliphatic carbocycles. The van der Waals surface area contributed by atoms with Crippen molar-refractivity contribution in [3.63, 3.8) is 0 Å². The topological polar surface area (TPSA) is 114 Å². The smallest absolute Gasteiger partial charge is 0.214 e. The van der Waals surface area contributed by atoms with Crippen LogP contribution >= 0.6 is 0 Å². The number of guanidine groups is 1. The molecule has 7 N–H and O–H groups in total. The van der Waals surface area contributed by atoms with Crippen LogP contribution in [0.25, 0.3) is 0 Å². The van der Waals surface area contributed by atoms with Crippen LogP contribution in [0.2, 0.25) is 0 Å². The number of aliphatic imine (C=N–C) groups is 1. The first-order chi connectivity index (χ1) is 6.09. The van der Waals surface area contributed by atoms with Gasteiger partial charge in [0, 0.05) is 11.3 Å². The van der Waals surface area contributed by atoms with E-state index >= 15 is 0 Å². The molecule has 0 heterocycles. The van der Waals surface area contributed by atoms with Gasteiger partial charge in [-0.15, -0.1) is 0 Å². The fraction of sp³-hybridized carbons (Fsp3) is 0. The lowest BCUT2D eigenvalue weighted by molar-refractivity contribution is 1.36. The van der Waals surface area contributed by atoms with Crippen LogP contribution in [0.15, 0.2) is 29.3 Å². The summed E-state index contributed by atoms with van der Waals surface area (Å²) in [6, 6.07) is 6.85. The highest BCUT2D eigenvalue weighted by molar-refractivity contribution is 6.03. The molecular weight excluding hydrogens is 166 g/mol. The van der Waals surface area contributed by atoms with Gasteiger partial charge in [-0.3, -0.25) is 5.41 Å². The molecular formula is C8H11N5. The number of nitrogens with two attached hydrogens (primary N) is 3. The largest absolute Gasteiger partial charge is 0.399 e. The minimum Gasteiger partial charge on any atom is -0.399 e. The van der Waals surface area contributed by atoms with Gasteiger partial charge in [0.1, 0.15) is 5.84 Å². The maximum atomic E-state index is 6.90. The second kappa shape index (κ2) is 3.57. The standard InChI is InChI=1S/C8H11N5/c9-6-3-1-5(2-4-6)7(10)13-8(11)12/h1-4H,9H2,(H5,10,11,12,13). The maximum Gasteiger partial charge on any atom is 0.214 e. The molecule has 0 amide bonds. The number of amidine groups is 1. The van der Waals surface area contributed by atoms with Gasteiger partial charge in [-0.05, 0) is 24.3 Å². The summed E-state index contributed by atoms with van der Waals surface area (Å²) in [4.78, 5) is 3.59. The molecule has 13 heavy (non-hydrogen) atoms. The van der Waals surface area contributed by atoms with Crippen molar-refractivity contribution in [1.29, 1.82) is 5.41 Å². The van der Waals surface area contributed by atoms with Gasteiger partial charge >= 0.3 is 0 Å². The molecule has 0 atom stereocenters. The third kappa shape index (κ3) is 2.48. The number of nitrogen functional groups attached to an aromatic ring is 1. The van der Waals surface area contributed by atoms with E-state index in [4.69, 9.17) is 22.6 Å². The number of anilines is 1. The number of benzene rings is 1. The van der Waals surface area contributed by atoms with E-state index in [9.17, 15) is 0 Å². The molecule has 1 aromatic rings. The summed E-state index contributed by atoms with van der Waals surface area (Å²) >= 11 is 0. The van der Waals surface area contributed by atoms with E-state index in [1.807, 2.05) is 0 Å². The Balaban J connectivity index is 2.96. The van der Waals surface area contributed by atoms with Crippen molar-refractivity contribution in [3.8, 4) is 0 Å². The predicted molar refractivity (Wildman–Crippen MR) is 53.5 cm³/mol. The molecule has 68 valence electrons. The van der Waals surface area contributed by atoms with Crippen molar-refractivity contribution < 1.29 is 0 Å². The van der Waals surface area contributed by atoms with Crippen molar-refractivity contribution in [3.05, 3.63) is 29.8 Å². The zero-order chi connectivity index (χ0) is 9.84. The summed E-state index contributed by atoms with van der Waals surface area (Å²) in [5.74, 6) is -0.0955. The van der Waals surface area contributed by atoms with Gasteiger partial charge in [-0.1, -0.05) is 0 Å². The number of nitrogens with one attached hydrogen (secondary N) is 1. The summed E-state index contributed by atoms with van der Waals surface area (Å²) < 4.78 is 0. The first-order valence-corrected chi connectivity index (χ1v) is 3.63. The average Bonchev–Trinajstić information content (AvgIpc) is 2.04. The molecule has 0 fully saturated rings. The highest BCUT2D eigenvalue weighted by atomic mass is 15.0. The fourth-order valence-electron chi connectivity index (χ4n) is 0.848. The van der Waals surface area contributed by atoms with Crippen molar-refractivity contribution in [2.75, 3.05) is 5.73 Å². The summed E-state index contributed by atoms with van der Waals surface area (Å²) in [6.45, 7) is 0. The van der Waals surface area contributed by atoms with Gasteiger partial charge in [0.05, 0.1) is 0 Å². The summed E-state index contributed by atoms with van der Waals surface area (Å²) in [5.41, 5.74) is 17.4. The third-order valence-electron chi connectivity index (χ3n) is 1.45. The molecule has 0 radical (unpaired) electrons. The van der Waals surface area contributed by atoms with Crippen LogP contribution < -0.4 is 17.2 Å². The molecule has 0 saturated heterocycles. The van der Waals surface area contributed by atoms with Gasteiger partial charge in [-0.25, -0.2) is 0 Å². The molecule has 0 aliphatic rings. The lowest BCUT2D eigenvalue weighted by atomic mass is 10.2. The summed E-state index contributed by atoms with van der Waals surface area (Å²) in [6.07, 6.45) is 0. The normalized spacial score (nSPS) is 11.2. The summed E-state index contributed by atoms with van der Waals surface area (Å²) in [7, 11) is 0. The van der Waals surface area contributed by atoms with Gasteiger partial charge < -0.3 is 17.2 Å². The lowest BCUT2D eigenvalue weighted by Crippen LogP contribution is -2.18. The van der Waals surface area contributed by atoms with Crippen molar-refractivity contribution in [2.45, 2.75) is 0 Å². The number of rotatable bonds is 1. The Bertz CT molecular complexity index is 338. The fourth-order valence-corrected chi connectivity index (χ4v) is 0.848. The van der Waals surface area contributed by atoms with Gasteiger partial charge in [0.25, 0.3) is 0 Å². The van der Waals surface area contributed by atoms with Gasteiger partial charge in [-0.2, -0.15) is 4.99 Å². The van der Waals surface area contributed by atoms with Gasteiger partial charge in [0.2, 0.25) is 5.96 Å². The minimum atomic E-state index is -0.311. The molecule has 5 heteroatoms. The van der Waals surface area contributed by atoms with Crippen LogP contribution in [-0.2, 0) is 0 Å². The predicted octanol–water partition coefficient (Wildman–Crippen LogP) is -0.132. The maximum absolute atomic E-state index is 6.90. The third-order valence-corrected chi connectivity index (χ3v) is 1.45. The zero-order valence-electron chi connectivity index (χ0n) is 6.99. The van der Waals surface area contributed by atoms with Crippen LogP contribution in [0.4, 0.5) is 5.69 Å². The Kier molecular flexibility index (Phi) is 2.49. The number of hydrogen-bond donors (Lipinski definition) is 4. The average molecular weight is 177 g/mol. The number of nitrogens with zero attached hydrogens (tertiary/aromatic N) is 1. The lowest BCUT2D eigenvalue weighted by Gasteiger charge is -1.99. The Labute approximate surface area is 75.8 Å². The van der Waals surface area contributed by atoms with Crippen molar-refractivity contribution >= 4 is 17.5 Å². The van der Waals surface area contributed by atoms with E-state index in [1.165, 1.54) is 0 Å². The Morgan fingerprint density at radius 3 is 2.15 bits per heavy atom. The minimum absolute atomic E-state index is 0.215. The van der Waals surface area contributed by atoms with Gasteiger partial charge in [0.15, 0.2) is 0 Å². The van der Waals surface area contributed by atoms with Crippen LogP contribution in [0.3, 0.4) is 0 Å². The van der Waals surface area contributed by atoms with Crippen LogP contribution in [-0.4, -0.2) is 11.8 Å². The van der Waals surface area contributed by atoms with E-state index in [1.54, 1.807) is 24.3 Å². The van der Waals surface area contributed by atoms with E-state index in [0.29, 0.717) is 11.3 Å². The first kappa shape index (κ1) is 9.05. The summed E-state index contributed by atoms with van der Waals surface area (Å²) in [5, 5.41) is 6.90. The van der Waals surface area contributed by atoms with Crippen molar-refractivity contribution in [2.24, 2.45) is 16.5 Å². The molecule has 1 aromatic carbocycles. The zero-order valence-corrected chi connectivity index (χ0v) is 6.99. The van der Waals surface area contributed by atoms with Crippen LogP contribution in [0.1, 0.15) is 5.56 Å².